The Hall–Kier alpha value is -3.83. The Morgan fingerprint density at radius 1 is 0.791 bits per heavy atom. The molecule has 0 unspecified atom stereocenters. The Morgan fingerprint density at radius 2 is 1.35 bits per heavy atom. The number of rotatable bonds is 9. The van der Waals surface area contributed by atoms with Crippen molar-refractivity contribution in [3.8, 4) is 22.3 Å². The lowest BCUT2D eigenvalue weighted by Gasteiger charge is -2.36. The molecule has 0 bridgehead atoms. The third-order valence-electron chi connectivity index (χ3n) is 9.50. The molecular weight excluding hydrogens is 541 g/mol. The lowest BCUT2D eigenvalue weighted by molar-refractivity contribution is -0.151. The van der Waals surface area contributed by atoms with Crippen LogP contribution in [0.15, 0.2) is 109 Å². The van der Waals surface area contributed by atoms with Crippen LogP contribution in [0, 0.1) is 6.92 Å². The van der Waals surface area contributed by atoms with Crippen molar-refractivity contribution in [1.82, 2.24) is 10.2 Å². The van der Waals surface area contributed by atoms with Crippen LogP contribution in [0.25, 0.3) is 22.3 Å². The lowest BCUT2D eigenvalue weighted by Crippen LogP contribution is -2.41. The van der Waals surface area contributed by atoms with Crippen LogP contribution < -0.4 is 5.32 Å². The fraction of sp³-hybridized carbons (Fsp3) is 0.316. The van der Waals surface area contributed by atoms with Crippen molar-refractivity contribution in [1.29, 1.82) is 0 Å². The van der Waals surface area contributed by atoms with Crippen LogP contribution in [0.4, 0.5) is 13.2 Å². The van der Waals surface area contributed by atoms with Gasteiger partial charge in [-0.05, 0) is 97.1 Å². The van der Waals surface area contributed by atoms with E-state index in [1.54, 1.807) is 0 Å². The zero-order valence-electron chi connectivity index (χ0n) is 24.8. The number of alkyl halides is 3. The van der Waals surface area contributed by atoms with Crippen LogP contribution in [0.2, 0.25) is 0 Å². The number of fused-ring (bicyclic) bond motifs is 3. The first-order valence-corrected chi connectivity index (χ1v) is 15.4. The number of aryl methyl sites for hydroxylation is 1. The number of piperidine rings is 1. The van der Waals surface area contributed by atoms with E-state index in [0.717, 1.165) is 67.6 Å². The zero-order valence-corrected chi connectivity index (χ0v) is 24.8. The van der Waals surface area contributed by atoms with E-state index in [4.69, 9.17) is 0 Å². The molecule has 1 aliphatic heterocycles. The van der Waals surface area contributed by atoms with E-state index in [2.05, 4.69) is 66.9 Å². The number of halogens is 3. The molecule has 43 heavy (non-hydrogen) atoms. The van der Waals surface area contributed by atoms with Crippen LogP contribution in [-0.4, -0.2) is 30.8 Å². The van der Waals surface area contributed by atoms with Crippen molar-refractivity contribution in [3.63, 3.8) is 0 Å². The van der Waals surface area contributed by atoms with Crippen molar-refractivity contribution in [2.45, 2.75) is 56.7 Å². The van der Waals surface area contributed by atoms with Crippen LogP contribution in [0.5, 0.6) is 0 Å². The van der Waals surface area contributed by atoms with Crippen molar-refractivity contribution < 1.29 is 13.2 Å². The summed E-state index contributed by atoms with van der Waals surface area (Å²) in [5, 5.41) is 1.81. The van der Waals surface area contributed by atoms with Gasteiger partial charge in [-0.3, -0.25) is 0 Å². The van der Waals surface area contributed by atoms with Gasteiger partial charge in [-0.1, -0.05) is 116 Å². The molecule has 0 amide bonds. The second-order valence-electron chi connectivity index (χ2n) is 12.1. The third kappa shape index (κ3) is 5.88. The molecule has 1 fully saturated rings. The standard InChI is InChI=1S/C38H39F3N2/c1-27-17-19-29(20-18-27)31-11-3-4-12-32(31)30-21-25-43(26-22-30)24-10-9-23-37(28(2)42-38(39,40)41)35-15-7-5-13-33(35)34-14-6-8-16-36(34)37/h3-8,11-20,30,42H,2,9-10,21-26H2,1H3. The van der Waals surface area contributed by atoms with Gasteiger partial charge in [0.15, 0.2) is 0 Å². The number of benzene rings is 4. The number of hydrogen-bond donors (Lipinski definition) is 1. The summed E-state index contributed by atoms with van der Waals surface area (Å²) in [4.78, 5) is 2.52. The molecule has 1 aliphatic carbocycles. The van der Waals surface area contributed by atoms with Gasteiger partial charge < -0.3 is 10.2 Å². The molecule has 1 saturated heterocycles. The molecule has 0 spiro atoms. The number of unbranched alkanes of at least 4 members (excludes halogenated alkanes) is 1. The van der Waals surface area contributed by atoms with Gasteiger partial charge in [-0.2, -0.15) is 13.2 Å². The van der Waals surface area contributed by atoms with Gasteiger partial charge in [0.1, 0.15) is 0 Å². The quantitative estimate of drug-likeness (QED) is 0.157. The van der Waals surface area contributed by atoms with E-state index in [1.165, 1.54) is 22.3 Å². The highest BCUT2D eigenvalue weighted by Crippen LogP contribution is 2.54. The molecule has 2 nitrogen and oxygen atoms in total. The Kier molecular flexibility index (Phi) is 8.19. The van der Waals surface area contributed by atoms with Crippen LogP contribution >= 0.6 is 0 Å². The Morgan fingerprint density at radius 3 is 1.95 bits per heavy atom. The number of nitrogens with zero attached hydrogens (tertiary/aromatic N) is 1. The monoisotopic (exact) mass is 580 g/mol. The largest absolute Gasteiger partial charge is 0.482 e. The average Bonchev–Trinajstić information content (AvgIpc) is 3.30. The van der Waals surface area contributed by atoms with Gasteiger partial charge >= 0.3 is 6.30 Å². The minimum atomic E-state index is -4.54. The van der Waals surface area contributed by atoms with Gasteiger partial charge in [0.25, 0.3) is 0 Å². The van der Waals surface area contributed by atoms with Gasteiger partial charge in [0.2, 0.25) is 0 Å². The fourth-order valence-corrected chi connectivity index (χ4v) is 7.39. The van der Waals surface area contributed by atoms with Crippen molar-refractivity contribution in [2.75, 3.05) is 19.6 Å². The van der Waals surface area contributed by atoms with Crippen LogP contribution in [0.3, 0.4) is 0 Å². The van der Waals surface area contributed by atoms with Crippen LogP contribution in [0.1, 0.15) is 60.3 Å². The van der Waals surface area contributed by atoms with Crippen molar-refractivity contribution in [3.05, 3.63) is 132 Å². The van der Waals surface area contributed by atoms with Crippen molar-refractivity contribution >= 4 is 0 Å². The van der Waals surface area contributed by atoms with Gasteiger partial charge in [0, 0.05) is 5.70 Å². The summed E-state index contributed by atoms with van der Waals surface area (Å²) in [6, 6.07) is 33.3. The summed E-state index contributed by atoms with van der Waals surface area (Å²) >= 11 is 0. The summed E-state index contributed by atoms with van der Waals surface area (Å²) in [5.41, 5.74) is 8.19. The van der Waals surface area contributed by atoms with E-state index < -0.39 is 11.7 Å². The first-order chi connectivity index (χ1) is 20.8. The third-order valence-corrected chi connectivity index (χ3v) is 9.50. The molecule has 2 aliphatic rings. The molecule has 222 valence electrons. The molecule has 0 atom stereocenters. The lowest BCUT2D eigenvalue weighted by atomic mass is 9.72. The smallest absolute Gasteiger partial charge is 0.303 e. The maximum absolute atomic E-state index is 13.6. The van der Waals surface area contributed by atoms with Crippen molar-refractivity contribution in [2.24, 2.45) is 0 Å². The maximum Gasteiger partial charge on any atom is 0.482 e. The summed E-state index contributed by atoms with van der Waals surface area (Å²) in [5.74, 6) is 0.528. The number of nitrogens with one attached hydrogen (secondary N) is 1. The number of likely N-dealkylation sites (tertiary alicyclic amines) is 1. The first-order valence-electron chi connectivity index (χ1n) is 15.4. The maximum atomic E-state index is 13.6. The Labute approximate surface area is 253 Å². The molecule has 5 heteroatoms. The topological polar surface area (TPSA) is 15.3 Å². The fourth-order valence-electron chi connectivity index (χ4n) is 7.39. The summed E-state index contributed by atoms with van der Waals surface area (Å²) in [6.45, 7) is 9.12. The van der Waals surface area contributed by atoms with Crippen LogP contribution in [-0.2, 0) is 5.41 Å². The molecule has 1 N–H and O–H groups in total. The molecule has 4 aromatic rings. The second-order valence-corrected chi connectivity index (χ2v) is 12.1. The normalized spacial score (nSPS) is 16.5. The zero-order chi connectivity index (χ0) is 30.0. The predicted molar refractivity (Wildman–Crippen MR) is 170 cm³/mol. The van der Waals surface area contributed by atoms with E-state index in [-0.39, 0.29) is 5.70 Å². The summed E-state index contributed by atoms with van der Waals surface area (Å²) in [7, 11) is 0. The second kappa shape index (κ2) is 12.0. The molecule has 0 saturated carbocycles. The highest BCUT2D eigenvalue weighted by atomic mass is 19.4. The molecule has 0 radical (unpaired) electrons. The SMILES string of the molecule is C=C(NC(F)(F)F)C1(CCCCN2CCC(c3ccccc3-c3ccc(C)cc3)CC2)c2ccccc2-c2ccccc21. The number of hydrogen-bond acceptors (Lipinski definition) is 2. The van der Waals surface area contributed by atoms with E-state index in [0.29, 0.717) is 12.3 Å². The number of allylic oxidation sites excluding steroid dienone is 1. The Bertz CT molecular complexity index is 1530. The van der Waals surface area contributed by atoms with Gasteiger partial charge in [-0.25, -0.2) is 0 Å². The Balaban J connectivity index is 1.12. The minimum Gasteiger partial charge on any atom is -0.303 e. The first kappa shape index (κ1) is 29.3. The molecule has 0 aromatic heterocycles. The molecule has 6 rings (SSSR count). The average molecular weight is 581 g/mol. The van der Waals surface area contributed by atoms with E-state index >= 15 is 0 Å². The summed E-state index contributed by atoms with van der Waals surface area (Å²) in [6.07, 6.45) is -0.0184. The van der Waals surface area contributed by atoms with E-state index in [1.807, 2.05) is 53.8 Å². The highest BCUT2D eigenvalue weighted by molar-refractivity contribution is 5.83. The minimum absolute atomic E-state index is 0.00505. The van der Waals surface area contributed by atoms with E-state index in [9.17, 15) is 13.2 Å². The molecule has 4 aromatic carbocycles. The molecule has 1 heterocycles. The van der Waals surface area contributed by atoms with Gasteiger partial charge in [0.05, 0.1) is 5.41 Å². The molecular formula is C38H39F3N2. The predicted octanol–water partition coefficient (Wildman–Crippen LogP) is 9.60. The highest BCUT2D eigenvalue weighted by Gasteiger charge is 2.47. The van der Waals surface area contributed by atoms with Gasteiger partial charge in [-0.15, -0.1) is 0 Å². The summed E-state index contributed by atoms with van der Waals surface area (Å²) < 4.78 is 40.9.